The first kappa shape index (κ1) is 13.2. The highest BCUT2D eigenvalue weighted by Crippen LogP contribution is 2.43. The third kappa shape index (κ3) is 2.34. The van der Waals surface area contributed by atoms with E-state index >= 15 is 0 Å². The predicted octanol–water partition coefficient (Wildman–Crippen LogP) is 1.59. The maximum atomic E-state index is 9.06. The Morgan fingerprint density at radius 2 is 1.84 bits per heavy atom. The van der Waals surface area contributed by atoms with Crippen LogP contribution in [0.25, 0.3) is 11.4 Å². The van der Waals surface area contributed by atoms with Gasteiger partial charge >= 0.3 is 0 Å². The highest BCUT2D eigenvalue weighted by atomic mass is 16.5. The minimum absolute atomic E-state index is 0.0946. The minimum Gasteiger partial charge on any atom is -0.493 e. The van der Waals surface area contributed by atoms with E-state index in [4.69, 9.17) is 19.3 Å². The highest BCUT2D eigenvalue weighted by Gasteiger charge is 2.18. The number of ether oxygens (including phenoxy) is 3. The van der Waals surface area contributed by atoms with Gasteiger partial charge in [0, 0.05) is 0 Å². The van der Waals surface area contributed by atoms with E-state index < -0.39 is 0 Å². The van der Waals surface area contributed by atoms with Gasteiger partial charge in [0.05, 0.1) is 45.4 Å². The zero-order chi connectivity index (χ0) is 13.8. The monoisotopic (exact) mass is 264 g/mol. The number of H-pyrrole nitrogens is 1. The Kier molecular flexibility index (Phi) is 3.91. The van der Waals surface area contributed by atoms with E-state index in [9.17, 15) is 0 Å². The number of hydrogen-bond donors (Lipinski definition) is 2. The van der Waals surface area contributed by atoms with Crippen molar-refractivity contribution in [1.29, 1.82) is 0 Å². The van der Waals surface area contributed by atoms with Crippen LogP contribution in [-0.2, 0) is 6.61 Å². The molecule has 0 saturated heterocycles. The van der Waals surface area contributed by atoms with E-state index in [1.165, 1.54) is 0 Å². The third-order valence-corrected chi connectivity index (χ3v) is 2.76. The second kappa shape index (κ2) is 5.62. The van der Waals surface area contributed by atoms with E-state index in [0.29, 0.717) is 28.8 Å². The number of nitrogens with one attached hydrogen (secondary N) is 1. The van der Waals surface area contributed by atoms with Gasteiger partial charge in [-0.2, -0.15) is 0 Å². The van der Waals surface area contributed by atoms with Gasteiger partial charge in [0.25, 0.3) is 0 Å². The molecule has 0 spiro atoms. The molecule has 6 heteroatoms. The molecule has 2 rings (SSSR count). The lowest BCUT2D eigenvalue weighted by Gasteiger charge is -2.14. The molecule has 0 radical (unpaired) electrons. The van der Waals surface area contributed by atoms with Crippen molar-refractivity contribution >= 4 is 0 Å². The van der Waals surface area contributed by atoms with E-state index in [1.54, 1.807) is 33.6 Å². The number of aliphatic hydroxyl groups is 1. The molecule has 0 saturated carbocycles. The number of imidazole rings is 1. The average Bonchev–Trinajstić information content (AvgIpc) is 2.94. The largest absolute Gasteiger partial charge is 0.493 e. The molecule has 0 unspecified atom stereocenters. The van der Waals surface area contributed by atoms with Crippen LogP contribution in [0.1, 0.15) is 5.69 Å². The van der Waals surface area contributed by atoms with Gasteiger partial charge in [-0.05, 0) is 12.1 Å². The number of hydrogen-bond acceptors (Lipinski definition) is 5. The lowest BCUT2D eigenvalue weighted by Crippen LogP contribution is -1.97. The van der Waals surface area contributed by atoms with Gasteiger partial charge in [0.1, 0.15) is 5.82 Å². The summed E-state index contributed by atoms with van der Waals surface area (Å²) in [5, 5.41) is 9.06. The molecule has 1 aromatic heterocycles. The first-order valence-corrected chi connectivity index (χ1v) is 5.69. The molecule has 2 N–H and O–H groups in total. The maximum absolute atomic E-state index is 9.06. The fourth-order valence-electron chi connectivity index (χ4n) is 1.86. The molecule has 0 bridgehead atoms. The van der Waals surface area contributed by atoms with Gasteiger partial charge in [0.15, 0.2) is 11.5 Å². The van der Waals surface area contributed by atoms with Crippen molar-refractivity contribution in [2.45, 2.75) is 6.61 Å². The number of aromatic nitrogens is 2. The number of aromatic amines is 1. The maximum Gasteiger partial charge on any atom is 0.204 e. The Morgan fingerprint density at radius 1 is 1.11 bits per heavy atom. The topological polar surface area (TPSA) is 76.6 Å². The number of methoxy groups -OCH3 is 3. The van der Waals surface area contributed by atoms with Crippen molar-refractivity contribution in [2.75, 3.05) is 21.3 Å². The van der Waals surface area contributed by atoms with Crippen molar-refractivity contribution in [2.24, 2.45) is 0 Å². The van der Waals surface area contributed by atoms with Gasteiger partial charge in [-0.25, -0.2) is 4.98 Å². The number of aliphatic hydroxyl groups excluding tert-OH is 1. The lowest BCUT2D eigenvalue weighted by atomic mass is 10.1. The summed E-state index contributed by atoms with van der Waals surface area (Å²) in [7, 11) is 4.66. The van der Waals surface area contributed by atoms with E-state index in [-0.39, 0.29) is 6.61 Å². The molecule has 2 aromatic rings. The molecular formula is C13H16N2O4. The van der Waals surface area contributed by atoms with Gasteiger partial charge in [0.2, 0.25) is 5.75 Å². The average molecular weight is 264 g/mol. The molecule has 0 amide bonds. The van der Waals surface area contributed by atoms with Crippen LogP contribution in [0, 0.1) is 0 Å². The normalized spacial score (nSPS) is 10.3. The Balaban J connectivity index is 2.56. The molecule has 0 aliphatic carbocycles. The van der Waals surface area contributed by atoms with Gasteiger partial charge in [-0.3, -0.25) is 0 Å². The van der Waals surface area contributed by atoms with Crippen molar-refractivity contribution in [3.63, 3.8) is 0 Å². The molecule has 1 heterocycles. The molecule has 0 atom stereocenters. The SMILES string of the molecule is COc1ccc(-c2ncc(CO)[nH]2)c(OC)c1OC. The molecule has 0 fully saturated rings. The molecule has 19 heavy (non-hydrogen) atoms. The fraction of sp³-hybridized carbons (Fsp3) is 0.308. The van der Waals surface area contributed by atoms with Crippen LogP contribution in [-0.4, -0.2) is 36.4 Å². The van der Waals surface area contributed by atoms with E-state index in [1.807, 2.05) is 6.07 Å². The number of rotatable bonds is 5. The third-order valence-electron chi connectivity index (χ3n) is 2.76. The van der Waals surface area contributed by atoms with Crippen LogP contribution in [0.3, 0.4) is 0 Å². The Labute approximate surface area is 111 Å². The molecular weight excluding hydrogens is 248 g/mol. The van der Waals surface area contributed by atoms with Gasteiger partial charge in [-0.15, -0.1) is 0 Å². The molecule has 0 aliphatic rings. The molecule has 1 aromatic carbocycles. The first-order chi connectivity index (χ1) is 9.24. The highest BCUT2D eigenvalue weighted by molar-refractivity contribution is 5.72. The van der Waals surface area contributed by atoms with Crippen LogP contribution in [0.15, 0.2) is 18.3 Å². The predicted molar refractivity (Wildman–Crippen MR) is 69.6 cm³/mol. The lowest BCUT2D eigenvalue weighted by molar-refractivity contribution is 0.277. The Bertz CT molecular complexity index is 566. The number of benzene rings is 1. The van der Waals surface area contributed by atoms with Gasteiger partial charge < -0.3 is 24.3 Å². The second-order valence-electron chi connectivity index (χ2n) is 3.80. The molecule has 102 valence electrons. The minimum atomic E-state index is -0.0946. The number of nitrogens with zero attached hydrogens (tertiary/aromatic N) is 1. The van der Waals surface area contributed by atoms with Crippen molar-refractivity contribution in [3.05, 3.63) is 24.0 Å². The smallest absolute Gasteiger partial charge is 0.204 e. The summed E-state index contributed by atoms with van der Waals surface area (Å²) in [6.45, 7) is -0.0946. The van der Waals surface area contributed by atoms with E-state index in [2.05, 4.69) is 9.97 Å². The quantitative estimate of drug-likeness (QED) is 0.857. The Hall–Kier alpha value is -2.21. The Morgan fingerprint density at radius 3 is 2.37 bits per heavy atom. The fourth-order valence-corrected chi connectivity index (χ4v) is 1.86. The van der Waals surface area contributed by atoms with Crippen LogP contribution in [0.5, 0.6) is 17.2 Å². The second-order valence-corrected chi connectivity index (χ2v) is 3.80. The zero-order valence-corrected chi connectivity index (χ0v) is 11.1. The van der Waals surface area contributed by atoms with Crippen molar-refractivity contribution in [1.82, 2.24) is 9.97 Å². The summed E-state index contributed by atoms with van der Waals surface area (Å²) < 4.78 is 15.9. The summed E-state index contributed by atoms with van der Waals surface area (Å²) in [5.74, 6) is 2.21. The summed E-state index contributed by atoms with van der Waals surface area (Å²) >= 11 is 0. The summed E-state index contributed by atoms with van der Waals surface area (Å²) in [6, 6.07) is 3.60. The molecule has 0 aliphatic heterocycles. The van der Waals surface area contributed by atoms with Crippen LogP contribution in [0.4, 0.5) is 0 Å². The summed E-state index contributed by atoms with van der Waals surface area (Å²) in [6.07, 6.45) is 1.57. The van der Waals surface area contributed by atoms with Crippen LogP contribution in [0.2, 0.25) is 0 Å². The van der Waals surface area contributed by atoms with Gasteiger partial charge in [-0.1, -0.05) is 0 Å². The standard InChI is InChI=1S/C13H16N2O4/c1-17-10-5-4-9(11(18-2)12(10)19-3)13-14-6-8(7-16)15-13/h4-6,16H,7H2,1-3H3,(H,14,15). The van der Waals surface area contributed by atoms with Crippen LogP contribution >= 0.6 is 0 Å². The zero-order valence-electron chi connectivity index (χ0n) is 11.1. The van der Waals surface area contributed by atoms with Crippen molar-refractivity contribution < 1.29 is 19.3 Å². The summed E-state index contributed by atoms with van der Waals surface area (Å²) in [4.78, 5) is 7.21. The molecule has 6 nitrogen and oxygen atoms in total. The van der Waals surface area contributed by atoms with Crippen LogP contribution < -0.4 is 14.2 Å². The van der Waals surface area contributed by atoms with E-state index in [0.717, 1.165) is 5.56 Å². The summed E-state index contributed by atoms with van der Waals surface area (Å²) in [5.41, 5.74) is 1.37. The first-order valence-electron chi connectivity index (χ1n) is 5.69. The van der Waals surface area contributed by atoms with Crippen molar-refractivity contribution in [3.8, 4) is 28.6 Å².